The predicted molar refractivity (Wildman–Crippen MR) is 66.1 cm³/mol. The van der Waals surface area contributed by atoms with Gasteiger partial charge in [-0.25, -0.2) is 0 Å². The molecule has 1 aromatic rings. The normalized spacial score (nSPS) is 12.1. The van der Waals surface area contributed by atoms with E-state index in [0.29, 0.717) is 12.8 Å². The van der Waals surface area contributed by atoms with Crippen LogP contribution >= 0.6 is 0 Å². The summed E-state index contributed by atoms with van der Waals surface area (Å²) in [6, 6.07) is 1.72. The summed E-state index contributed by atoms with van der Waals surface area (Å²) in [6.45, 7) is 4.18. The number of carboxylic acids is 1. The summed E-state index contributed by atoms with van der Waals surface area (Å²) >= 11 is 0. The fraction of sp³-hybridized carbons (Fsp3) is 0.583. The summed E-state index contributed by atoms with van der Waals surface area (Å²) in [6.07, 6.45) is 2.77. The minimum atomic E-state index is -0.852. The Kier molecular flexibility index (Phi) is 5.35. The van der Waals surface area contributed by atoms with Crippen LogP contribution in [0, 0.1) is 0 Å². The lowest BCUT2D eigenvalue weighted by atomic mass is 10.1. The fourth-order valence-corrected chi connectivity index (χ4v) is 1.88. The van der Waals surface area contributed by atoms with Crippen molar-refractivity contribution in [2.24, 2.45) is 0 Å². The first-order chi connectivity index (χ1) is 8.52. The highest BCUT2D eigenvalue weighted by Gasteiger charge is 2.14. The van der Waals surface area contributed by atoms with Crippen molar-refractivity contribution in [3.63, 3.8) is 0 Å². The van der Waals surface area contributed by atoms with E-state index in [1.54, 1.807) is 6.20 Å². The van der Waals surface area contributed by atoms with Gasteiger partial charge in [-0.15, -0.1) is 0 Å². The van der Waals surface area contributed by atoms with Gasteiger partial charge in [0.25, 0.3) is 0 Å². The number of aromatic nitrogens is 2. The Balaban J connectivity index is 2.65. The SMILES string of the molecule is CCn1nccc1CC(CCC(=O)O)NC(C)=O. The number of hydrogen-bond donors (Lipinski definition) is 2. The fourth-order valence-electron chi connectivity index (χ4n) is 1.88. The molecule has 1 atom stereocenters. The Hall–Kier alpha value is -1.85. The minimum absolute atomic E-state index is 0.0468. The number of carbonyl (C=O) groups is 2. The van der Waals surface area contributed by atoms with Gasteiger partial charge in [0.1, 0.15) is 0 Å². The maximum absolute atomic E-state index is 11.1. The molecule has 0 fully saturated rings. The number of nitrogens with zero attached hydrogens (tertiary/aromatic N) is 2. The number of nitrogens with one attached hydrogen (secondary N) is 1. The molecule has 100 valence electrons. The van der Waals surface area contributed by atoms with Crippen LogP contribution in [-0.2, 0) is 22.6 Å². The van der Waals surface area contributed by atoms with Gasteiger partial charge < -0.3 is 10.4 Å². The maximum Gasteiger partial charge on any atom is 0.303 e. The Morgan fingerprint density at radius 3 is 2.83 bits per heavy atom. The van der Waals surface area contributed by atoms with Crippen LogP contribution in [0.5, 0.6) is 0 Å². The maximum atomic E-state index is 11.1. The van der Waals surface area contributed by atoms with Gasteiger partial charge in [0.05, 0.1) is 0 Å². The van der Waals surface area contributed by atoms with E-state index in [1.165, 1.54) is 6.92 Å². The zero-order valence-corrected chi connectivity index (χ0v) is 10.7. The molecule has 0 saturated carbocycles. The number of hydrogen-bond acceptors (Lipinski definition) is 3. The molecule has 0 saturated heterocycles. The number of carbonyl (C=O) groups excluding carboxylic acids is 1. The Labute approximate surface area is 106 Å². The second-order valence-electron chi connectivity index (χ2n) is 4.17. The van der Waals surface area contributed by atoms with Gasteiger partial charge in [0.2, 0.25) is 5.91 Å². The van der Waals surface area contributed by atoms with Crippen molar-refractivity contribution < 1.29 is 14.7 Å². The average Bonchev–Trinajstić information content (AvgIpc) is 2.72. The van der Waals surface area contributed by atoms with E-state index in [2.05, 4.69) is 10.4 Å². The van der Waals surface area contributed by atoms with Gasteiger partial charge in [0.15, 0.2) is 0 Å². The predicted octanol–water partition coefficient (Wildman–Crippen LogP) is 0.815. The van der Waals surface area contributed by atoms with Gasteiger partial charge in [-0.1, -0.05) is 0 Å². The average molecular weight is 253 g/mol. The summed E-state index contributed by atoms with van der Waals surface area (Å²) in [5.41, 5.74) is 1.00. The number of rotatable bonds is 7. The highest BCUT2D eigenvalue weighted by molar-refractivity contribution is 5.73. The summed E-state index contributed by atoms with van der Waals surface area (Å²) in [5.74, 6) is -0.998. The molecule has 18 heavy (non-hydrogen) atoms. The second kappa shape index (κ2) is 6.78. The molecule has 0 aliphatic heterocycles. The Bertz CT molecular complexity index is 414. The molecule has 2 N–H and O–H groups in total. The molecular formula is C12H19N3O3. The van der Waals surface area contributed by atoms with Crippen molar-refractivity contribution in [2.75, 3.05) is 0 Å². The van der Waals surface area contributed by atoms with E-state index >= 15 is 0 Å². The summed E-state index contributed by atoms with van der Waals surface area (Å²) < 4.78 is 1.84. The first-order valence-corrected chi connectivity index (χ1v) is 6.02. The molecule has 0 aliphatic carbocycles. The third-order valence-corrected chi connectivity index (χ3v) is 2.67. The number of amides is 1. The molecule has 0 radical (unpaired) electrons. The molecular weight excluding hydrogens is 234 g/mol. The van der Waals surface area contributed by atoms with Gasteiger partial charge >= 0.3 is 5.97 Å². The number of aryl methyl sites for hydroxylation is 1. The van der Waals surface area contributed by atoms with Gasteiger partial charge in [-0.2, -0.15) is 5.10 Å². The van der Waals surface area contributed by atoms with Gasteiger partial charge in [-0.3, -0.25) is 14.3 Å². The quantitative estimate of drug-likeness (QED) is 0.753. The van der Waals surface area contributed by atoms with Gasteiger partial charge in [0, 0.05) is 44.2 Å². The van der Waals surface area contributed by atoms with Crippen molar-refractivity contribution in [1.29, 1.82) is 0 Å². The summed E-state index contributed by atoms with van der Waals surface area (Å²) in [4.78, 5) is 21.7. The third kappa shape index (κ3) is 4.57. The largest absolute Gasteiger partial charge is 0.481 e. The van der Waals surface area contributed by atoms with Crippen LogP contribution in [0.2, 0.25) is 0 Å². The van der Waals surface area contributed by atoms with E-state index < -0.39 is 5.97 Å². The van der Waals surface area contributed by atoms with Crippen molar-refractivity contribution >= 4 is 11.9 Å². The van der Waals surface area contributed by atoms with Crippen LogP contribution in [0.15, 0.2) is 12.3 Å². The van der Waals surface area contributed by atoms with E-state index in [4.69, 9.17) is 5.11 Å². The van der Waals surface area contributed by atoms with Crippen molar-refractivity contribution in [3.8, 4) is 0 Å². The zero-order valence-electron chi connectivity index (χ0n) is 10.7. The van der Waals surface area contributed by atoms with E-state index in [-0.39, 0.29) is 18.4 Å². The lowest BCUT2D eigenvalue weighted by Crippen LogP contribution is -2.35. The molecule has 6 heteroatoms. The standard InChI is InChI=1S/C12H19N3O3/c1-3-15-11(6-7-13-15)8-10(14-9(2)16)4-5-12(17)18/h6-7,10H,3-5,8H2,1-2H3,(H,14,16)(H,17,18). The first-order valence-electron chi connectivity index (χ1n) is 6.02. The monoisotopic (exact) mass is 253 g/mol. The topological polar surface area (TPSA) is 84.2 Å². The third-order valence-electron chi connectivity index (χ3n) is 2.67. The smallest absolute Gasteiger partial charge is 0.303 e. The highest BCUT2D eigenvalue weighted by atomic mass is 16.4. The van der Waals surface area contributed by atoms with Crippen LogP contribution in [0.1, 0.15) is 32.4 Å². The first kappa shape index (κ1) is 14.2. The second-order valence-corrected chi connectivity index (χ2v) is 4.17. The molecule has 1 unspecified atom stereocenters. The van der Waals surface area contributed by atoms with Crippen LogP contribution < -0.4 is 5.32 Å². The summed E-state index contributed by atoms with van der Waals surface area (Å²) in [5, 5.41) is 15.6. The van der Waals surface area contributed by atoms with E-state index in [0.717, 1.165) is 12.2 Å². The highest BCUT2D eigenvalue weighted by Crippen LogP contribution is 2.08. The Morgan fingerprint density at radius 1 is 1.56 bits per heavy atom. The van der Waals surface area contributed by atoms with E-state index in [9.17, 15) is 9.59 Å². The Morgan fingerprint density at radius 2 is 2.28 bits per heavy atom. The van der Waals surface area contributed by atoms with Crippen LogP contribution in [0.25, 0.3) is 0 Å². The molecule has 0 bridgehead atoms. The van der Waals surface area contributed by atoms with Crippen LogP contribution in [0.4, 0.5) is 0 Å². The molecule has 0 spiro atoms. The minimum Gasteiger partial charge on any atom is -0.481 e. The van der Waals surface area contributed by atoms with Crippen LogP contribution in [0.3, 0.4) is 0 Å². The van der Waals surface area contributed by atoms with Crippen molar-refractivity contribution in [1.82, 2.24) is 15.1 Å². The van der Waals surface area contributed by atoms with Gasteiger partial charge in [-0.05, 0) is 19.4 Å². The number of carboxylic acid groups (broad SMARTS) is 1. The van der Waals surface area contributed by atoms with E-state index in [1.807, 2.05) is 17.7 Å². The number of aliphatic carboxylic acids is 1. The lowest BCUT2D eigenvalue weighted by Gasteiger charge is -2.17. The lowest BCUT2D eigenvalue weighted by molar-refractivity contribution is -0.137. The van der Waals surface area contributed by atoms with Crippen molar-refractivity contribution in [2.45, 2.75) is 45.7 Å². The summed E-state index contributed by atoms with van der Waals surface area (Å²) in [7, 11) is 0. The molecule has 1 amide bonds. The molecule has 1 rings (SSSR count). The molecule has 0 aromatic carbocycles. The molecule has 6 nitrogen and oxygen atoms in total. The molecule has 1 heterocycles. The van der Waals surface area contributed by atoms with Crippen molar-refractivity contribution in [3.05, 3.63) is 18.0 Å². The molecule has 0 aliphatic rings. The van der Waals surface area contributed by atoms with Crippen LogP contribution in [-0.4, -0.2) is 32.8 Å². The molecule has 1 aromatic heterocycles. The zero-order chi connectivity index (χ0) is 13.5.